The lowest BCUT2D eigenvalue weighted by molar-refractivity contribution is 0.0122. The fourth-order valence-corrected chi connectivity index (χ4v) is 2.90. The van der Waals surface area contributed by atoms with E-state index in [4.69, 9.17) is 10.5 Å². The van der Waals surface area contributed by atoms with Crippen molar-refractivity contribution in [2.45, 2.75) is 18.9 Å². The van der Waals surface area contributed by atoms with Gasteiger partial charge in [0.05, 0.1) is 6.61 Å². The molecular formula is C12H25N3O. The van der Waals surface area contributed by atoms with Crippen LogP contribution in [0.2, 0.25) is 0 Å². The Hall–Kier alpha value is -0.160. The molecule has 0 saturated carbocycles. The number of ether oxygens (including phenoxy) is 1. The molecule has 2 aliphatic rings. The van der Waals surface area contributed by atoms with Gasteiger partial charge in [-0.1, -0.05) is 0 Å². The first-order valence-corrected chi connectivity index (χ1v) is 6.38. The van der Waals surface area contributed by atoms with Gasteiger partial charge in [-0.15, -0.1) is 0 Å². The van der Waals surface area contributed by atoms with Crippen LogP contribution in [-0.4, -0.2) is 68.3 Å². The van der Waals surface area contributed by atoms with Gasteiger partial charge in [0, 0.05) is 50.8 Å². The molecule has 2 aliphatic heterocycles. The van der Waals surface area contributed by atoms with Crippen molar-refractivity contribution in [1.29, 1.82) is 0 Å². The number of nitrogens with two attached hydrogens (primary N) is 1. The van der Waals surface area contributed by atoms with Gasteiger partial charge in [0.25, 0.3) is 0 Å². The quantitative estimate of drug-likeness (QED) is 0.736. The SMILES string of the molecule is CN1CCN(C(C)(CN)C2CCOC2)CC1. The predicted octanol–water partition coefficient (Wildman–Crippen LogP) is -0.0123. The lowest BCUT2D eigenvalue weighted by Crippen LogP contribution is -2.61. The largest absolute Gasteiger partial charge is 0.381 e. The van der Waals surface area contributed by atoms with Gasteiger partial charge in [0.2, 0.25) is 0 Å². The standard InChI is InChI=1S/C12H25N3O/c1-12(10-13,11-3-8-16-9-11)15-6-4-14(2)5-7-15/h11H,3-10,13H2,1-2H3. The summed E-state index contributed by atoms with van der Waals surface area (Å²) in [6.07, 6.45) is 1.17. The van der Waals surface area contributed by atoms with Crippen LogP contribution in [0.25, 0.3) is 0 Å². The fourth-order valence-electron chi connectivity index (χ4n) is 2.90. The molecule has 2 unspecified atom stereocenters. The van der Waals surface area contributed by atoms with Gasteiger partial charge < -0.3 is 15.4 Å². The third-order valence-corrected chi connectivity index (χ3v) is 4.45. The van der Waals surface area contributed by atoms with Gasteiger partial charge in [-0.05, 0) is 20.4 Å². The summed E-state index contributed by atoms with van der Waals surface area (Å²) >= 11 is 0. The Bertz CT molecular complexity index is 222. The van der Waals surface area contributed by atoms with E-state index in [9.17, 15) is 0 Å². The van der Waals surface area contributed by atoms with Crippen molar-refractivity contribution in [1.82, 2.24) is 9.80 Å². The van der Waals surface area contributed by atoms with Crippen molar-refractivity contribution in [2.24, 2.45) is 11.7 Å². The van der Waals surface area contributed by atoms with Gasteiger partial charge in [-0.3, -0.25) is 4.90 Å². The number of piperazine rings is 1. The molecule has 0 aliphatic carbocycles. The van der Waals surface area contributed by atoms with Gasteiger partial charge in [-0.2, -0.15) is 0 Å². The van der Waals surface area contributed by atoms with Crippen molar-refractivity contribution < 1.29 is 4.74 Å². The van der Waals surface area contributed by atoms with Crippen LogP contribution in [0.5, 0.6) is 0 Å². The molecule has 0 spiro atoms. The summed E-state index contributed by atoms with van der Waals surface area (Å²) in [4.78, 5) is 4.96. The Labute approximate surface area is 98.7 Å². The van der Waals surface area contributed by atoms with Crippen LogP contribution in [0.4, 0.5) is 0 Å². The van der Waals surface area contributed by atoms with E-state index in [-0.39, 0.29) is 5.54 Å². The molecule has 94 valence electrons. The molecule has 4 nitrogen and oxygen atoms in total. The maximum Gasteiger partial charge on any atom is 0.0513 e. The summed E-state index contributed by atoms with van der Waals surface area (Å²) < 4.78 is 5.52. The lowest BCUT2D eigenvalue weighted by atomic mass is 9.83. The Morgan fingerprint density at radius 3 is 2.50 bits per heavy atom. The first-order chi connectivity index (χ1) is 7.66. The van der Waals surface area contributed by atoms with Crippen LogP contribution in [0.15, 0.2) is 0 Å². The molecule has 2 atom stereocenters. The van der Waals surface area contributed by atoms with Crippen molar-refractivity contribution >= 4 is 0 Å². The Kier molecular flexibility index (Phi) is 3.85. The monoisotopic (exact) mass is 227 g/mol. The van der Waals surface area contributed by atoms with Gasteiger partial charge in [-0.25, -0.2) is 0 Å². The molecule has 0 aromatic heterocycles. The van der Waals surface area contributed by atoms with E-state index in [2.05, 4.69) is 23.8 Å². The Morgan fingerprint density at radius 2 is 2.00 bits per heavy atom. The van der Waals surface area contributed by atoms with E-state index in [1.54, 1.807) is 0 Å². The second-order valence-electron chi connectivity index (χ2n) is 5.41. The molecule has 2 saturated heterocycles. The number of nitrogens with zero attached hydrogens (tertiary/aromatic N) is 2. The molecule has 2 rings (SSSR count). The molecule has 0 radical (unpaired) electrons. The van der Waals surface area contributed by atoms with Crippen LogP contribution >= 0.6 is 0 Å². The summed E-state index contributed by atoms with van der Waals surface area (Å²) in [5.74, 6) is 0.612. The van der Waals surface area contributed by atoms with E-state index >= 15 is 0 Å². The fraction of sp³-hybridized carbons (Fsp3) is 1.00. The van der Waals surface area contributed by atoms with E-state index in [0.717, 1.165) is 45.9 Å². The van der Waals surface area contributed by atoms with Crippen LogP contribution < -0.4 is 5.73 Å². The molecule has 2 heterocycles. The summed E-state index contributed by atoms with van der Waals surface area (Å²) in [7, 11) is 2.19. The summed E-state index contributed by atoms with van der Waals surface area (Å²) in [6, 6.07) is 0. The highest BCUT2D eigenvalue weighted by molar-refractivity contribution is 4.96. The van der Waals surface area contributed by atoms with Crippen molar-refractivity contribution in [3.05, 3.63) is 0 Å². The molecule has 0 bridgehead atoms. The second kappa shape index (κ2) is 5.00. The minimum Gasteiger partial charge on any atom is -0.381 e. The zero-order valence-corrected chi connectivity index (χ0v) is 10.6. The Morgan fingerprint density at radius 1 is 1.31 bits per heavy atom. The van der Waals surface area contributed by atoms with Crippen molar-refractivity contribution in [3.63, 3.8) is 0 Å². The molecule has 0 aromatic carbocycles. The Balaban J connectivity index is 2.02. The molecule has 2 fully saturated rings. The lowest BCUT2D eigenvalue weighted by Gasteiger charge is -2.47. The van der Waals surface area contributed by atoms with E-state index in [1.165, 1.54) is 6.42 Å². The van der Waals surface area contributed by atoms with E-state index in [1.807, 2.05) is 0 Å². The van der Waals surface area contributed by atoms with Gasteiger partial charge in [0.1, 0.15) is 0 Å². The van der Waals surface area contributed by atoms with Gasteiger partial charge >= 0.3 is 0 Å². The van der Waals surface area contributed by atoms with Crippen LogP contribution in [-0.2, 0) is 4.74 Å². The molecule has 16 heavy (non-hydrogen) atoms. The van der Waals surface area contributed by atoms with Crippen molar-refractivity contribution in [2.75, 3.05) is 53.0 Å². The first kappa shape index (κ1) is 12.3. The topological polar surface area (TPSA) is 41.7 Å². The zero-order chi connectivity index (χ0) is 11.6. The molecule has 4 heteroatoms. The van der Waals surface area contributed by atoms with E-state index in [0.29, 0.717) is 5.92 Å². The third kappa shape index (κ3) is 2.25. The van der Waals surface area contributed by atoms with Crippen LogP contribution in [0.3, 0.4) is 0 Å². The zero-order valence-electron chi connectivity index (χ0n) is 10.6. The minimum atomic E-state index is 0.137. The average molecular weight is 227 g/mol. The third-order valence-electron chi connectivity index (χ3n) is 4.45. The number of hydrogen-bond acceptors (Lipinski definition) is 4. The maximum atomic E-state index is 6.04. The molecule has 0 amide bonds. The molecular weight excluding hydrogens is 202 g/mol. The van der Waals surface area contributed by atoms with Crippen LogP contribution in [0, 0.1) is 5.92 Å². The molecule has 2 N–H and O–H groups in total. The predicted molar refractivity (Wildman–Crippen MR) is 65.5 cm³/mol. The second-order valence-corrected chi connectivity index (χ2v) is 5.41. The van der Waals surface area contributed by atoms with E-state index < -0.39 is 0 Å². The summed E-state index contributed by atoms with van der Waals surface area (Å²) in [5, 5.41) is 0. The summed E-state index contributed by atoms with van der Waals surface area (Å²) in [6.45, 7) is 9.45. The smallest absolute Gasteiger partial charge is 0.0513 e. The van der Waals surface area contributed by atoms with Crippen LogP contribution in [0.1, 0.15) is 13.3 Å². The highest BCUT2D eigenvalue weighted by Gasteiger charge is 2.41. The minimum absolute atomic E-state index is 0.137. The van der Waals surface area contributed by atoms with Gasteiger partial charge in [0.15, 0.2) is 0 Å². The average Bonchev–Trinajstić information content (AvgIpc) is 2.83. The highest BCUT2D eigenvalue weighted by atomic mass is 16.5. The first-order valence-electron chi connectivity index (χ1n) is 6.38. The highest BCUT2D eigenvalue weighted by Crippen LogP contribution is 2.31. The summed E-state index contributed by atoms with van der Waals surface area (Å²) in [5.41, 5.74) is 6.18. The number of likely N-dealkylation sites (N-methyl/N-ethyl adjacent to an activating group) is 1. The number of hydrogen-bond donors (Lipinski definition) is 1. The van der Waals surface area contributed by atoms with Crippen molar-refractivity contribution in [3.8, 4) is 0 Å². The normalized spacial score (nSPS) is 32.8. The molecule has 0 aromatic rings. The maximum absolute atomic E-state index is 6.04. The number of rotatable bonds is 3.